The molecule has 0 radical (unpaired) electrons. The summed E-state index contributed by atoms with van der Waals surface area (Å²) in [6.45, 7) is 6.54. The molecule has 166 valence electrons. The van der Waals surface area contributed by atoms with Crippen molar-refractivity contribution in [3.05, 3.63) is 0 Å². The summed E-state index contributed by atoms with van der Waals surface area (Å²) in [5, 5.41) is 18.1. The minimum Gasteiger partial charge on any atom is -0.481 e. The van der Waals surface area contributed by atoms with Crippen molar-refractivity contribution in [1.82, 2.24) is 0 Å². The van der Waals surface area contributed by atoms with E-state index in [4.69, 9.17) is 10.2 Å². The smallest absolute Gasteiger partial charge is 0.481 e. The fraction of sp³-hybridized carbons (Fsp3) is 0.900. The highest BCUT2D eigenvalue weighted by atomic mass is 19.4. The topological polar surface area (TPSA) is 83.8 Å². The largest absolute Gasteiger partial charge is 0.522 e. The van der Waals surface area contributed by atoms with Crippen LogP contribution < -0.4 is 0 Å². The lowest BCUT2D eigenvalue weighted by atomic mass is 9.86. The van der Waals surface area contributed by atoms with Gasteiger partial charge in [-0.2, -0.15) is 0 Å². The highest BCUT2D eigenvalue weighted by Crippen LogP contribution is 2.28. The van der Waals surface area contributed by atoms with E-state index >= 15 is 0 Å². The van der Waals surface area contributed by atoms with Crippen molar-refractivity contribution >= 4 is 11.9 Å². The molecule has 0 bridgehead atoms. The van der Waals surface area contributed by atoms with E-state index in [-0.39, 0.29) is 12.8 Å². The molecule has 2 N–H and O–H groups in total. The van der Waals surface area contributed by atoms with Gasteiger partial charge in [0.1, 0.15) is 0 Å². The Labute approximate surface area is 165 Å². The van der Waals surface area contributed by atoms with Gasteiger partial charge in [0.25, 0.3) is 0 Å². The van der Waals surface area contributed by atoms with Crippen LogP contribution in [0.25, 0.3) is 0 Å². The first-order valence-electron chi connectivity index (χ1n) is 9.89. The van der Waals surface area contributed by atoms with Crippen LogP contribution in [-0.4, -0.2) is 34.6 Å². The number of hydrogen-bond acceptors (Lipinski definition) is 3. The maximum Gasteiger partial charge on any atom is 0.522 e. The summed E-state index contributed by atoms with van der Waals surface area (Å²) in [5.41, 5.74) is -1.66. The Kier molecular flexibility index (Phi) is 11.1. The maximum atomic E-state index is 12.6. The molecule has 5 nitrogen and oxygen atoms in total. The molecule has 0 aromatic rings. The van der Waals surface area contributed by atoms with E-state index in [0.29, 0.717) is 51.4 Å². The van der Waals surface area contributed by atoms with Crippen molar-refractivity contribution in [2.45, 2.75) is 104 Å². The van der Waals surface area contributed by atoms with Gasteiger partial charge in [-0.05, 0) is 53.4 Å². The Hall–Kier alpha value is -1.31. The summed E-state index contributed by atoms with van der Waals surface area (Å²) >= 11 is 0. The average molecular weight is 412 g/mol. The molecule has 0 aliphatic carbocycles. The lowest BCUT2D eigenvalue weighted by Gasteiger charge is -2.21. The number of alkyl halides is 3. The Balaban J connectivity index is 4.24. The molecule has 0 unspecified atom stereocenters. The van der Waals surface area contributed by atoms with Crippen LogP contribution in [0, 0.1) is 10.8 Å². The number of carboxylic acid groups (broad SMARTS) is 2. The van der Waals surface area contributed by atoms with Gasteiger partial charge < -0.3 is 10.2 Å². The lowest BCUT2D eigenvalue weighted by Crippen LogP contribution is -2.25. The average Bonchev–Trinajstić information content (AvgIpc) is 2.51. The minimum absolute atomic E-state index is 0.271. The lowest BCUT2D eigenvalue weighted by molar-refractivity contribution is -0.344. The SMILES string of the molecule is CC(C)(CCCCCC(CCCCCC(C)(C)C(=O)O)OC(F)(F)F)C(=O)O. The first kappa shape index (κ1) is 26.7. The fourth-order valence-electron chi connectivity index (χ4n) is 2.90. The van der Waals surface area contributed by atoms with Crippen molar-refractivity contribution in [1.29, 1.82) is 0 Å². The number of halogens is 3. The van der Waals surface area contributed by atoms with Crippen LogP contribution in [0.3, 0.4) is 0 Å². The van der Waals surface area contributed by atoms with Gasteiger partial charge in [0, 0.05) is 0 Å². The van der Waals surface area contributed by atoms with E-state index < -0.39 is 35.2 Å². The molecule has 0 fully saturated rings. The van der Waals surface area contributed by atoms with Gasteiger partial charge in [-0.3, -0.25) is 14.3 Å². The summed E-state index contributed by atoms with van der Waals surface area (Å²) in [5.74, 6) is -1.76. The summed E-state index contributed by atoms with van der Waals surface area (Å²) in [6.07, 6.45) is -0.417. The van der Waals surface area contributed by atoms with Gasteiger partial charge in [-0.25, -0.2) is 0 Å². The second-order valence-electron chi connectivity index (χ2n) is 8.76. The molecular weight excluding hydrogens is 377 g/mol. The van der Waals surface area contributed by atoms with Gasteiger partial charge >= 0.3 is 18.3 Å². The van der Waals surface area contributed by atoms with Crippen molar-refractivity contribution in [3.63, 3.8) is 0 Å². The monoisotopic (exact) mass is 412 g/mol. The molecular formula is C20H35F3O5. The Bertz CT molecular complexity index is 451. The number of carboxylic acids is 2. The third-order valence-electron chi connectivity index (χ3n) is 5.11. The predicted octanol–water partition coefficient (Wildman–Crippen LogP) is 6.01. The number of rotatable bonds is 15. The van der Waals surface area contributed by atoms with Crippen molar-refractivity contribution < 1.29 is 37.7 Å². The second kappa shape index (κ2) is 11.6. The van der Waals surface area contributed by atoms with Gasteiger partial charge in [-0.1, -0.05) is 38.5 Å². The molecule has 0 atom stereocenters. The van der Waals surface area contributed by atoms with E-state index in [9.17, 15) is 22.8 Å². The van der Waals surface area contributed by atoms with E-state index in [1.807, 2.05) is 0 Å². The third-order valence-corrected chi connectivity index (χ3v) is 5.11. The van der Waals surface area contributed by atoms with Crippen LogP contribution in [0.15, 0.2) is 0 Å². The van der Waals surface area contributed by atoms with Gasteiger partial charge in [-0.15, -0.1) is 13.2 Å². The van der Waals surface area contributed by atoms with Crippen molar-refractivity contribution in [3.8, 4) is 0 Å². The maximum absolute atomic E-state index is 12.6. The summed E-state index contributed by atoms with van der Waals surface area (Å²) in [4.78, 5) is 22.1. The van der Waals surface area contributed by atoms with Crippen LogP contribution in [-0.2, 0) is 14.3 Å². The number of aliphatic carboxylic acids is 2. The van der Waals surface area contributed by atoms with Gasteiger partial charge in [0.05, 0.1) is 16.9 Å². The molecule has 0 amide bonds. The Morgan fingerprint density at radius 2 is 1.11 bits per heavy atom. The van der Waals surface area contributed by atoms with E-state index in [1.165, 1.54) is 0 Å². The number of hydrogen-bond donors (Lipinski definition) is 2. The van der Waals surface area contributed by atoms with Crippen LogP contribution >= 0.6 is 0 Å². The standard InChI is InChI=1S/C20H35F3O5/c1-18(2,16(24)25)13-9-5-7-11-15(28-20(21,22)23)12-8-6-10-14-19(3,4)17(26)27/h15H,5-14H2,1-4H3,(H,24,25)(H,26,27). The van der Waals surface area contributed by atoms with E-state index in [0.717, 1.165) is 0 Å². The minimum atomic E-state index is -4.68. The highest BCUT2D eigenvalue weighted by Gasteiger charge is 2.33. The number of carbonyl (C=O) groups is 2. The molecule has 8 heteroatoms. The molecule has 0 aromatic carbocycles. The van der Waals surface area contributed by atoms with Crippen molar-refractivity contribution in [2.75, 3.05) is 0 Å². The molecule has 0 aliphatic rings. The predicted molar refractivity (Wildman–Crippen MR) is 99.9 cm³/mol. The summed E-state index contributed by atoms with van der Waals surface area (Å²) in [6, 6.07) is 0. The molecule has 0 saturated carbocycles. The normalized spacial score (nSPS) is 13.1. The van der Waals surface area contributed by atoms with Crippen LogP contribution in [0.2, 0.25) is 0 Å². The van der Waals surface area contributed by atoms with Crippen LogP contribution in [0.5, 0.6) is 0 Å². The molecule has 0 aliphatic heterocycles. The summed E-state index contributed by atoms with van der Waals surface area (Å²) < 4.78 is 42.0. The van der Waals surface area contributed by atoms with Gasteiger partial charge in [0.15, 0.2) is 0 Å². The Morgan fingerprint density at radius 3 is 1.39 bits per heavy atom. The number of ether oxygens (including phenoxy) is 1. The molecule has 0 saturated heterocycles. The zero-order chi connectivity index (χ0) is 22.0. The van der Waals surface area contributed by atoms with E-state index in [1.54, 1.807) is 27.7 Å². The Morgan fingerprint density at radius 1 is 0.750 bits per heavy atom. The number of unbranched alkanes of at least 4 members (excludes halogenated alkanes) is 4. The molecule has 0 spiro atoms. The zero-order valence-electron chi connectivity index (χ0n) is 17.4. The second-order valence-corrected chi connectivity index (χ2v) is 8.76. The van der Waals surface area contributed by atoms with E-state index in [2.05, 4.69) is 4.74 Å². The zero-order valence-corrected chi connectivity index (χ0v) is 17.4. The molecule has 0 aromatic heterocycles. The van der Waals surface area contributed by atoms with Crippen LogP contribution in [0.4, 0.5) is 13.2 Å². The van der Waals surface area contributed by atoms with Crippen LogP contribution in [0.1, 0.15) is 91.9 Å². The molecule has 0 heterocycles. The molecule has 0 rings (SSSR count). The van der Waals surface area contributed by atoms with Crippen molar-refractivity contribution in [2.24, 2.45) is 10.8 Å². The summed E-state index contributed by atoms with van der Waals surface area (Å²) in [7, 11) is 0. The van der Waals surface area contributed by atoms with Gasteiger partial charge in [0.2, 0.25) is 0 Å². The fourth-order valence-corrected chi connectivity index (χ4v) is 2.90. The highest BCUT2D eigenvalue weighted by molar-refractivity contribution is 5.73. The quantitative estimate of drug-likeness (QED) is 0.322. The molecule has 28 heavy (non-hydrogen) atoms. The third kappa shape index (κ3) is 12.2. The first-order valence-corrected chi connectivity index (χ1v) is 9.89. The first-order chi connectivity index (χ1) is 12.7.